The number of unbranched alkanes of at least 4 members (excludes halogenated alkanes) is 1. The summed E-state index contributed by atoms with van der Waals surface area (Å²) in [6.07, 6.45) is 3.66. The summed E-state index contributed by atoms with van der Waals surface area (Å²) in [7, 11) is 0. The van der Waals surface area contributed by atoms with Crippen LogP contribution in [-0.2, 0) is 6.54 Å². The Labute approximate surface area is 143 Å². The van der Waals surface area contributed by atoms with E-state index >= 15 is 0 Å². The molecule has 0 radical (unpaired) electrons. The average molecular weight is 335 g/mol. The summed E-state index contributed by atoms with van der Waals surface area (Å²) in [4.78, 5) is 16.1. The molecule has 23 heavy (non-hydrogen) atoms. The van der Waals surface area contributed by atoms with Crippen LogP contribution < -0.4 is 16.4 Å². The quantitative estimate of drug-likeness (QED) is 0.648. The predicted molar refractivity (Wildman–Crippen MR) is 95.9 cm³/mol. The summed E-state index contributed by atoms with van der Waals surface area (Å²) in [6.45, 7) is 2.00. The van der Waals surface area contributed by atoms with Crippen molar-refractivity contribution in [2.24, 2.45) is 5.73 Å². The number of carbonyl (C=O) groups is 1. The van der Waals surface area contributed by atoms with Crippen LogP contribution in [0.4, 0.5) is 5.82 Å². The SMILES string of the molecule is Cl.NCc1ccc(C(=O)NCCCCNc2ccccn2)cc1. The number of carbonyl (C=O) groups excluding carboxylic acids is 1. The minimum absolute atomic E-state index is 0. The van der Waals surface area contributed by atoms with E-state index < -0.39 is 0 Å². The van der Waals surface area contributed by atoms with Gasteiger partial charge in [-0.1, -0.05) is 18.2 Å². The summed E-state index contributed by atoms with van der Waals surface area (Å²) >= 11 is 0. The van der Waals surface area contributed by atoms with Gasteiger partial charge in [-0.05, 0) is 42.7 Å². The summed E-state index contributed by atoms with van der Waals surface area (Å²) in [6, 6.07) is 13.1. The van der Waals surface area contributed by atoms with Crippen LogP contribution in [0.1, 0.15) is 28.8 Å². The second-order valence-corrected chi connectivity index (χ2v) is 5.01. The molecule has 5 nitrogen and oxygen atoms in total. The molecule has 0 aliphatic heterocycles. The molecule has 0 atom stereocenters. The van der Waals surface area contributed by atoms with Crippen molar-refractivity contribution in [3.8, 4) is 0 Å². The fourth-order valence-corrected chi connectivity index (χ4v) is 2.03. The number of aromatic nitrogens is 1. The van der Waals surface area contributed by atoms with Gasteiger partial charge in [-0.15, -0.1) is 12.4 Å². The fourth-order valence-electron chi connectivity index (χ4n) is 2.03. The molecule has 2 rings (SSSR count). The molecule has 2 aromatic rings. The van der Waals surface area contributed by atoms with Crippen LogP contribution in [0.2, 0.25) is 0 Å². The number of hydrogen-bond acceptors (Lipinski definition) is 4. The average Bonchev–Trinajstić information content (AvgIpc) is 2.58. The first kappa shape index (κ1) is 18.9. The molecule has 1 amide bonds. The second-order valence-electron chi connectivity index (χ2n) is 5.01. The van der Waals surface area contributed by atoms with Crippen molar-refractivity contribution in [3.63, 3.8) is 0 Å². The number of anilines is 1. The summed E-state index contributed by atoms with van der Waals surface area (Å²) in [5.74, 6) is 0.841. The number of amides is 1. The van der Waals surface area contributed by atoms with Crippen LogP contribution >= 0.6 is 12.4 Å². The number of hydrogen-bond donors (Lipinski definition) is 3. The van der Waals surface area contributed by atoms with E-state index in [0.29, 0.717) is 18.7 Å². The third-order valence-electron chi connectivity index (χ3n) is 3.31. The lowest BCUT2D eigenvalue weighted by Gasteiger charge is -2.07. The molecule has 1 aromatic heterocycles. The molecule has 0 saturated carbocycles. The molecular weight excluding hydrogens is 312 g/mol. The van der Waals surface area contributed by atoms with Gasteiger partial charge in [0.25, 0.3) is 5.91 Å². The Bertz CT molecular complexity index is 575. The Morgan fingerprint density at radius 3 is 2.43 bits per heavy atom. The van der Waals surface area contributed by atoms with E-state index in [9.17, 15) is 4.79 Å². The first-order valence-corrected chi connectivity index (χ1v) is 7.51. The first-order chi connectivity index (χ1) is 10.8. The zero-order valence-corrected chi connectivity index (χ0v) is 13.8. The van der Waals surface area contributed by atoms with Gasteiger partial charge in [0.05, 0.1) is 0 Å². The number of nitrogens with two attached hydrogens (primary N) is 1. The Hall–Kier alpha value is -2.11. The van der Waals surface area contributed by atoms with E-state index in [2.05, 4.69) is 15.6 Å². The van der Waals surface area contributed by atoms with Crippen molar-refractivity contribution in [2.75, 3.05) is 18.4 Å². The molecule has 0 fully saturated rings. The summed E-state index contributed by atoms with van der Waals surface area (Å²) in [5, 5.41) is 6.16. The van der Waals surface area contributed by atoms with Crippen molar-refractivity contribution in [1.29, 1.82) is 0 Å². The zero-order chi connectivity index (χ0) is 15.6. The van der Waals surface area contributed by atoms with Crippen LogP contribution in [0.15, 0.2) is 48.7 Å². The number of benzene rings is 1. The maximum atomic E-state index is 11.9. The van der Waals surface area contributed by atoms with E-state index in [-0.39, 0.29) is 18.3 Å². The minimum Gasteiger partial charge on any atom is -0.370 e. The highest BCUT2D eigenvalue weighted by molar-refractivity contribution is 5.94. The van der Waals surface area contributed by atoms with Crippen molar-refractivity contribution in [3.05, 3.63) is 59.8 Å². The summed E-state index contributed by atoms with van der Waals surface area (Å²) < 4.78 is 0. The van der Waals surface area contributed by atoms with Crippen molar-refractivity contribution >= 4 is 24.1 Å². The number of nitrogens with zero attached hydrogens (tertiary/aromatic N) is 1. The van der Waals surface area contributed by atoms with Gasteiger partial charge < -0.3 is 16.4 Å². The lowest BCUT2D eigenvalue weighted by molar-refractivity contribution is 0.0953. The molecule has 1 aromatic carbocycles. The van der Waals surface area contributed by atoms with E-state index in [4.69, 9.17) is 5.73 Å². The number of pyridine rings is 1. The van der Waals surface area contributed by atoms with Crippen molar-refractivity contribution < 1.29 is 4.79 Å². The predicted octanol–water partition coefficient (Wildman–Crippen LogP) is 2.58. The van der Waals surface area contributed by atoms with E-state index in [1.165, 1.54) is 0 Å². The highest BCUT2D eigenvalue weighted by atomic mass is 35.5. The van der Waals surface area contributed by atoms with Gasteiger partial charge in [0.1, 0.15) is 5.82 Å². The van der Waals surface area contributed by atoms with Gasteiger partial charge >= 0.3 is 0 Å². The molecule has 124 valence electrons. The lowest BCUT2D eigenvalue weighted by atomic mass is 10.1. The van der Waals surface area contributed by atoms with Crippen LogP contribution in [0.5, 0.6) is 0 Å². The maximum Gasteiger partial charge on any atom is 0.251 e. The van der Waals surface area contributed by atoms with Crippen molar-refractivity contribution in [1.82, 2.24) is 10.3 Å². The monoisotopic (exact) mass is 334 g/mol. The van der Waals surface area contributed by atoms with Crippen molar-refractivity contribution in [2.45, 2.75) is 19.4 Å². The molecule has 0 unspecified atom stereocenters. The molecule has 0 aliphatic carbocycles. The fraction of sp³-hybridized carbons (Fsp3) is 0.294. The van der Waals surface area contributed by atoms with Gasteiger partial charge in [-0.25, -0.2) is 4.98 Å². The first-order valence-electron chi connectivity index (χ1n) is 7.51. The van der Waals surface area contributed by atoms with E-state index in [0.717, 1.165) is 30.8 Å². The molecule has 0 aliphatic rings. The highest BCUT2D eigenvalue weighted by Crippen LogP contribution is 2.04. The van der Waals surface area contributed by atoms with Gasteiger partial charge in [-0.2, -0.15) is 0 Å². The number of halogens is 1. The molecular formula is C17H23ClN4O. The minimum atomic E-state index is -0.0405. The molecule has 6 heteroatoms. The molecule has 1 heterocycles. The van der Waals surface area contributed by atoms with E-state index in [1.54, 1.807) is 18.3 Å². The van der Waals surface area contributed by atoms with Crippen LogP contribution in [0.25, 0.3) is 0 Å². The third kappa shape index (κ3) is 6.67. The van der Waals surface area contributed by atoms with Crippen LogP contribution in [0, 0.1) is 0 Å². The zero-order valence-electron chi connectivity index (χ0n) is 13.0. The Morgan fingerprint density at radius 1 is 1.04 bits per heavy atom. The normalized spacial score (nSPS) is 9.78. The number of nitrogens with one attached hydrogen (secondary N) is 2. The second kappa shape index (κ2) is 10.6. The Kier molecular flexibility index (Phi) is 8.72. The molecule has 0 bridgehead atoms. The van der Waals surface area contributed by atoms with E-state index in [1.807, 2.05) is 30.3 Å². The smallest absolute Gasteiger partial charge is 0.251 e. The Balaban J connectivity index is 0.00000264. The largest absolute Gasteiger partial charge is 0.370 e. The molecule has 0 spiro atoms. The number of rotatable bonds is 8. The highest BCUT2D eigenvalue weighted by Gasteiger charge is 2.03. The van der Waals surface area contributed by atoms with Gasteiger partial charge in [0, 0.05) is 31.4 Å². The molecule has 0 saturated heterocycles. The van der Waals surface area contributed by atoms with Gasteiger partial charge in [0.2, 0.25) is 0 Å². The van der Waals surface area contributed by atoms with Crippen LogP contribution in [-0.4, -0.2) is 24.0 Å². The Morgan fingerprint density at radius 2 is 1.78 bits per heavy atom. The third-order valence-corrected chi connectivity index (χ3v) is 3.31. The van der Waals surface area contributed by atoms with Gasteiger partial charge in [-0.3, -0.25) is 4.79 Å². The molecule has 4 N–H and O–H groups in total. The maximum absolute atomic E-state index is 11.9. The standard InChI is InChI=1S/C17H22N4O.ClH/c18-13-14-6-8-15(9-7-14)17(22)21-12-4-3-11-20-16-5-1-2-10-19-16;/h1-2,5-10H,3-4,11-13,18H2,(H,19,20)(H,21,22);1H. The van der Waals surface area contributed by atoms with Crippen LogP contribution in [0.3, 0.4) is 0 Å². The topological polar surface area (TPSA) is 80.0 Å². The summed E-state index contributed by atoms with van der Waals surface area (Å²) in [5.41, 5.74) is 7.23. The van der Waals surface area contributed by atoms with Gasteiger partial charge in [0.15, 0.2) is 0 Å². The lowest BCUT2D eigenvalue weighted by Crippen LogP contribution is -2.24.